The summed E-state index contributed by atoms with van der Waals surface area (Å²) < 4.78 is 15.4. The molecule has 0 aliphatic carbocycles. The number of carboxylic acids is 1. The molecule has 9 nitrogen and oxygen atoms in total. The minimum atomic E-state index is -1.16. The number of halogens is 1. The van der Waals surface area contributed by atoms with Crippen molar-refractivity contribution in [2.24, 2.45) is 5.73 Å². The van der Waals surface area contributed by atoms with Crippen LogP contribution in [0.2, 0.25) is 5.02 Å². The van der Waals surface area contributed by atoms with Gasteiger partial charge in [0, 0.05) is 12.1 Å². The molecular weight excluding hydrogens is 356 g/mol. The first-order chi connectivity index (χ1) is 11.8. The van der Waals surface area contributed by atoms with Crippen molar-refractivity contribution in [2.75, 3.05) is 33.5 Å². The fraction of sp³-hybridized carbons (Fsp3) is 0.400. The van der Waals surface area contributed by atoms with Gasteiger partial charge >= 0.3 is 5.97 Å². The number of nitrogens with two attached hydrogens (primary N) is 1. The maximum Gasteiger partial charge on any atom is 0.328 e. The Kier molecular flexibility index (Phi) is 6.05. The molecule has 3 N–H and O–H groups in total. The van der Waals surface area contributed by atoms with Gasteiger partial charge in [-0.3, -0.25) is 9.59 Å². The summed E-state index contributed by atoms with van der Waals surface area (Å²) in [7, 11) is 1.34. The number of carbonyl (C=O) groups is 3. The highest BCUT2D eigenvalue weighted by atomic mass is 35.5. The Morgan fingerprint density at radius 2 is 2.16 bits per heavy atom. The summed E-state index contributed by atoms with van der Waals surface area (Å²) in [4.78, 5) is 36.0. The number of primary amides is 1. The highest BCUT2D eigenvalue weighted by Gasteiger charge is 2.34. The molecule has 2 amide bonds. The molecule has 1 unspecified atom stereocenters. The third kappa shape index (κ3) is 4.31. The van der Waals surface area contributed by atoms with Crippen LogP contribution >= 0.6 is 11.6 Å². The molecule has 10 heteroatoms. The molecule has 1 aliphatic heterocycles. The molecule has 2 rings (SSSR count). The Bertz CT molecular complexity index is 695. The first kappa shape index (κ1) is 18.8. The lowest BCUT2D eigenvalue weighted by Gasteiger charge is -2.33. The number of morpholine rings is 1. The van der Waals surface area contributed by atoms with E-state index in [9.17, 15) is 19.5 Å². The molecule has 1 heterocycles. The monoisotopic (exact) mass is 372 g/mol. The van der Waals surface area contributed by atoms with Gasteiger partial charge in [-0.25, -0.2) is 4.79 Å². The van der Waals surface area contributed by atoms with Crippen LogP contribution < -0.4 is 15.2 Å². The van der Waals surface area contributed by atoms with Crippen molar-refractivity contribution in [3.05, 3.63) is 22.7 Å². The molecule has 1 fully saturated rings. The second kappa shape index (κ2) is 8.04. The molecule has 0 bridgehead atoms. The van der Waals surface area contributed by atoms with E-state index in [0.717, 1.165) is 0 Å². The van der Waals surface area contributed by atoms with Gasteiger partial charge in [0.25, 0.3) is 11.8 Å². The number of methoxy groups -OCH3 is 1. The number of rotatable bonds is 6. The van der Waals surface area contributed by atoms with Crippen LogP contribution in [-0.4, -0.2) is 67.3 Å². The summed E-state index contributed by atoms with van der Waals surface area (Å²) in [5.74, 6) is -2.20. The van der Waals surface area contributed by atoms with Crippen LogP contribution in [-0.2, 0) is 14.3 Å². The van der Waals surface area contributed by atoms with Gasteiger partial charge in [-0.2, -0.15) is 0 Å². The number of nitrogens with zero attached hydrogens (tertiary/aromatic N) is 1. The summed E-state index contributed by atoms with van der Waals surface area (Å²) in [5, 5.41) is 9.27. The molecule has 0 aromatic heterocycles. The Hall–Kier alpha value is -2.52. The van der Waals surface area contributed by atoms with E-state index < -0.39 is 30.4 Å². The van der Waals surface area contributed by atoms with Crippen LogP contribution in [0.25, 0.3) is 0 Å². The smallest absolute Gasteiger partial charge is 0.328 e. The predicted molar refractivity (Wildman–Crippen MR) is 86.0 cm³/mol. The normalized spacial score (nSPS) is 17.0. The minimum Gasteiger partial charge on any atom is -0.493 e. The van der Waals surface area contributed by atoms with E-state index in [2.05, 4.69) is 0 Å². The molecule has 1 aliphatic rings. The van der Waals surface area contributed by atoms with Crippen molar-refractivity contribution in [1.82, 2.24) is 4.90 Å². The topological polar surface area (TPSA) is 128 Å². The third-order valence-electron chi connectivity index (χ3n) is 3.51. The summed E-state index contributed by atoms with van der Waals surface area (Å²) in [6, 6.07) is 1.59. The summed E-state index contributed by atoms with van der Waals surface area (Å²) in [6.45, 7) is -0.129. The van der Waals surface area contributed by atoms with Crippen molar-refractivity contribution in [1.29, 1.82) is 0 Å². The van der Waals surface area contributed by atoms with Gasteiger partial charge in [0.15, 0.2) is 24.1 Å². The number of amides is 2. The van der Waals surface area contributed by atoms with E-state index >= 15 is 0 Å². The lowest BCUT2D eigenvalue weighted by Crippen LogP contribution is -2.52. The molecule has 1 atom stereocenters. The second-order valence-corrected chi connectivity index (χ2v) is 5.58. The van der Waals surface area contributed by atoms with Gasteiger partial charge in [0.05, 0.1) is 25.3 Å². The molecule has 1 saturated heterocycles. The van der Waals surface area contributed by atoms with E-state index in [1.807, 2.05) is 0 Å². The zero-order valence-corrected chi connectivity index (χ0v) is 14.1. The number of carboxylic acid groups (broad SMARTS) is 1. The first-order valence-electron chi connectivity index (χ1n) is 7.25. The number of hydrogen-bond donors (Lipinski definition) is 2. The Balaban J connectivity index is 2.32. The standard InChI is InChI=1S/C15H17ClN2O7/c1-23-11-5-8(4-9(16)13(11)25-7-12(17)19)14(20)18-2-3-24-6-10(18)15(21)22/h4-5,10H,2-3,6-7H2,1H3,(H2,17,19)(H,21,22). The van der Waals surface area contributed by atoms with Gasteiger partial charge in [-0.15, -0.1) is 0 Å². The van der Waals surface area contributed by atoms with Crippen LogP contribution in [0.1, 0.15) is 10.4 Å². The molecule has 0 radical (unpaired) electrons. The molecule has 1 aromatic rings. The number of benzene rings is 1. The third-order valence-corrected chi connectivity index (χ3v) is 3.79. The van der Waals surface area contributed by atoms with Gasteiger partial charge in [0.1, 0.15) is 0 Å². The maximum absolute atomic E-state index is 12.7. The van der Waals surface area contributed by atoms with Gasteiger partial charge in [0.2, 0.25) is 0 Å². The lowest BCUT2D eigenvalue weighted by molar-refractivity contribution is -0.147. The van der Waals surface area contributed by atoms with E-state index in [1.54, 1.807) is 0 Å². The number of aliphatic carboxylic acids is 1. The van der Waals surface area contributed by atoms with E-state index in [0.29, 0.717) is 0 Å². The molecular formula is C15H17ClN2O7. The van der Waals surface area contributed by atoms with Crippen molar-refractivity contribution in [2.45, 2.75) is 6.04 Å². The van der Waals surface area contributed by atoms with E-state index in [1.165, 1.54) is 24.1 Å². The lowest BCUT2D eigenvalue weighted by atomic mass is 10.1. The SMILES string of the molecule is COc1cc(C(=O)N2CCOCC2C(=O)O)cc(Cl)c1OCC(N)=O. The Labute approximate surface area is 148 Å². The highest BCUT2D eigenvalue weighted by Crippen LogP contribution is 2.37. The molecule has 136 valence electrons. The highest BCUT2D eigenvalue weighted by molar-refractivity contribution is 6.32. The van der Waals surface area contributed by atoms with Crippen molar-refractivity contribution >= 4 is 29.4 Å². The largest absolute Gasteiger partial charge is 0.493 e. The van der Waals surface area contributed by atoms with E-state index in [4.69, 9.17) is 31.5 Å². The zero-order chi connectivity index (χ0) is 18.6. The van der Waals surface area contributed by atoms with Gasteiger partial charge in [-0.05, 0) is 12.1 Å². The fourth-order valence-electron chi connectivity index (χ4n) is 2.34. The maximum atomic E-state index is 12.7. The van der Waals surface area contributed by atoms with Crippen LogP contribution in [0.5, 0.6) is 11.5 Å². The Morgan fingerprint density at radius 1 is 1.44 bits per heavy atom. The van der Waals surface area contributed by atoms with Crippen molar-refractivity contribution in [3.8, 4) is 11.5 Å². The van der Waals surface area contributed by atoms with Crippen LogP contribution in [0.4, 0.5) is 0 Å². The summed E-state index contributed by atoms with van der Waals surface area (Å²) in [6.07, 6.45) is 0. The zero-order valence-electron chi connectivity index (χ0n) is 13.4. The van der Waals surface area contributed by atoms with Crippen molar-refractivity contribution in [3.63, 3.8) is 0 Å². The Morgan fingerprint density at radius 3 is 2.76 bits per heavy atom. The van der Waals surface area contributed by atoms with Gasteiger partial charge < -0.3 is 30.0 Å². The van der Waals surface area contributed by atoms with Gasteiger partial charge in [-0.1, -0.05) is 11.6 Å². The average molecular weight is 373 g/mol. The first-order valence-corrected chi connectivity index (χ1v) is 7.63. The number of ether oxygens (including phenoxy) is 3. The minimum absolute atomic E-state index is 0.0316. The molecule has 0 spiro atoms. The predicted octanol–water partition coefficient (Wildman–Crippen LogP) is 0.138. The number of carbonyl (C=O) groups excluding carboxylic acids is 2. The van der Waals surface area contributed by atoms with Crippen molar-refractivity contribution < 1.29 is 33.7 Å². The number of hydrogen-bond acceptors (Lipinski definition) is 6. The fourth-order valence-corrected chi connectivity index (χ4v) is 2.61. The molecule has 25 heavy (non-hydrogen) atoms. The van der Waals surface area contributed by atoms with Crippen LogP contribution in [0, 0.1) is 0 Å². The summed E-state index contributed by atoms with van der Waals surface area (Å²) in [5.41, 5.74) is 5.15. The molecule has 0 saturated carbocycles. The average Bonchev–Trinajstić information content (AvgIpc) is 2.59. The van der Waals surface area contributed by atoms with Crippen LogP contribution in [0.3, 0.4) is 0 Å². The second-order valence-electron chi connectivity index (χ2n) is 5.17. The summed E-state index contributed by atoms with van der Waals surface area (Å²) >= 11 is 6.11. The van der Waals surface area contributed by atoms with E-state index in [-0.39, 0.29) is 41.8 Å². The molecule has 1 aromatic carbocycles. The van der Waals surface area contributed by atoms with Crippen LogP contribution in [0.15, 0.2) is 12.1 Å². The quantitative estimate of drug-likeness (QED) is 0.726.